The van der Waals surface area contributed by atoms with Crippen molar-refractivity contribution in [1.82, 2.24) is 9.19 Å². The molecule has 0 unspecified atom stereocenters. The van der Waals surface area contributed by atoms with Crippen LogP contribution in [0.25, 0.3) is 0 Å². The molecular weight excluding hydrogens is 379 g/mol. The van der Waals surface area contributed by atoms with E-state index in [0.717, 1.165) is 16.2 Å². The molecule has 134 valence electrons. The Morgan fingerprint density at radius 1 is 1.00 bits per heavy atom. The summed E-state index contributed by atoms with van der Waals surface area (Å²) in [5.41, 5.74) is 1.64. The lowest BCUT2D eigenvalue weighted by Gasteiger charge is -2.06. The maximum atomic E-state index is 13.1. The van der Waals surface area contributed by atoms with Crippen LogP contribution in [-0.2, 0) is 10.0 Å². The van der Waals surface area contributed by atoms with E-state index in [1.807, 2.05) is 0 Å². The van der Waals surface area contributed by atoms with Gasteiger partial charge in [0.15, 0.2) is 0 Å². The Kier molecular flexibility index (Phi) is 4.88. The molecule has 6 nitrogen and oxygen atoms in total. The molecule has 1 aromatic heterocycles. The molecule has 0 spiro atoms. The van der Waals surface area contributed by atoms with E-state index in [-0.39, 0.29) is 4.90 Å². The first-order valence-electron chi connectivity index (χ1n) is 7.54. The van der Waals surface area contributed by atoms with Gasteiger partial charge in [0.1, 0.15) is 11.5 Å². The number of aromatic nitrogens is 2. The van der Waals surface area contributed by atoms with Crippen molar-refractivity contribution in [3.05, 3.63) is 70.8 Å². The minimum Gasteiger partial charge on any atom is -0.207 e. The molecule has 0 radical (unpaired) electrons. The Morgan fingerprint density at radius 2 is 1.62 bits per heavy atom. The average Bonchev–Trinajstić information content (AvgIpc) is 2.90. The number of hydrogen-bond donors (Lipinski definition) is 0. The summed E-state index contributed by atoms with van der Waals surface area (Å²) in [6, 6.07) is 11.3. The summed E-state index contributed by atoms with van der Waals surface area (Å²) in [4.78, 5) is -0.0642. The molecule has 0 bridgehead atoms. The average molecular weight is 393 g/mol. The van der Waals surface area contributed by atoms with Gasteiger partial charge in [-0.15, -0.1) is 5.11 Å². The van der Waals surface area contributed by atoms with E-state index in [1.165, 1.54) is 12.1 Å². The van der Waals surface area contributed by atoms with Gasteiger partial charge in [-0.3, -0.25) is 0 Å². The van der Waals surface area contributed by atoms with Crippen molar-refractivity contribution >= 4 is 33.0 Å². The smallest absolute Gasteiger partial charge is 0.207 e. The normalized spacial score (nSPS) is 12.0. The Morgan fingerprint density at radius 3 is 2.23 bits per heavy atom. The zero-order valence-corrected chi connectivity index (χ0v) is 15.5. The van der Waals surface area contributed by atoms with Gasteiger partial charge in [0.2, 0.25) is 0 Å². The third-order valence-electron chi connectivity index (χ3n) is 3.64. The van der Waals surface area contributed by atoms with Gasteiger partial charge < -0.3 is 0 Å². The molecular formula is C17H14ClFN4O2S. The van der Waals surface area contributed by atoms with E-state index in [4.69, 9.17) is 11.6 Å². The summed E-state index contributed by atoms with van der Waals surface area (Å²) in [7, 11) is -3.96. The van der Waals surface area contributed by atoms with Crippen LogP contribution in [0.2, 0.25) is 5.02 Å². The largest absolute Gasteiger partial charge is 0.283 e. The van der Waals surface area contributed by atoms with Gasteiger partial charge in [0.05, 0.1) is 22.0 Å². The standard InChI is InChI=1S/C17H14ClFN4O2S/c1-11-17(21-20-15-7-3-13(18)4-8-15)12(2)23(22-11)26(24,25)16-9-5-14(19)6-10-16/h3-10H,1-2H3. The summed E-state index contributed by atoms with van der Waals surface area (Å²) in [5.74, 6) is -0.519. The number of nitrogens with zero attached hydrogens (tertiary/aromatic N) is 4. The molecule has 3 rings (SSSR count). The van der Waals surface area contributed by atoms with Crippen LogP contribution in [0.4, 0.5) is 15.8 Å². The zero-order chi connectivity index (χ0) is 18.9. The number of benzene rings is 2. The van der Waals surface area contributed by atoms with E-state index >= 15 is 0 Å². The van der Waals surface area contributed by atoms with Crippen LogP contribution in [0.3, 0.4) is 0 Å². The number of rotatable bonds is 4. The molecule has 0 fully saturated rings. The van der Waals surface area contributed by atoms with Gasteiger partial charge in [-0.05, 0) is 62.4 Å². The first-order chi connectivity index (χ1) is 12.3. The molecule has 2 aromatic carbocycles. The van der Waals surface area contributed by atoms with Crippen molar-refractivity contribution in [2.45, 2.75) is 18.7 Å². The van der Waals surface area contributed by atoms with E-state index in [9.17, 15) is 12.8 Å². The van der Waals surface area contributed by atoms with Crippen LogP contribution < -0.4 is 0 Å². The lowest BCUT2D eigenvalue weighted by molar-refractivity contribution is 0.577. The van der Waals surface area contributed by atoms with E-state index in [0.29, 0.717) is 27.8 Å². The van der Waals surface area contributed by atoms with Crippen LogP contribution in [-0.4, -0.2) is 17.6 Å². The Balaban J connectivity index is 2.00. The molecule has 0 aliphatic rings. The Labute approximate surface area is 155 Å². The van der Waals surface area contributed by atoms with Crippen molar-refractivity contribution in [3.8, 4) is 0 Å². The summed E-state index contributed by atoms with van der Waals surface area (Å²) in [6.45, 7) is 3.22. The van der Waals surface area contributed by atoms with Crippen LogP contribution in [0.15, 0.2) is 63.7 Å². The summed E-state index contributed by atoms with van der Waals surface area (Å²) < 4.78 is 39.4. The van der Waals surface area contributed by atoms with Crippen molar-refractivity contribution in [3.63, 3.8) is 0 Å². The summed E-state index contributed by atoms with van der Waals surface area (Å²) in [5, 5.41) is 12.9. The monoisotopic (exact) mass is 392 g/mol. The molecule has 26 heavy (non-hydrogen) atoms. The highest BCUT2D eigenvalue weighted by Gasteiger charge is 2.23. The predicted molar refractivity (Wildman–Crippen MR) is 96.3 cm³/mol. The highest BCUT2D eigenvalue weighted by molar-refractivity contribution is 7.89. The van der Waals surface area contributed by atoms with Crippen molar-refractivity contribution in [2.75, 3.05) is 0 Å². The predicted octanol–water partition coefficient (Wildman–Crippen LogP) is 4.94. The highest BCUT2D eigenvalue weighted by Crippen LogP contribution is 2.28. The van der Waals surface area contributed by atoms with E-state index < -0.39 is 15.8 Å². The second-order valence-corrected chi connectivity index (χ2v) is 7.70. The fraction of sp³-hybridized carbons (Fsp3) is 0.118. The molecule has 0 aliphatic carbocycles. The molecule has 3 aromatic rings. The highest BCUT2D eigenvalue weighted by atomic mass is 35.5. The van der Waals surface area contributed by atoms with Crippen LogP contribution in [0.5, 0.6) is 0 Å². The minimum atomic E-state index is -3.96. The van der Waals surface area contributed by atoms with Gasteiger partial charge >= 0.3 is 0 Å². The number of hydrogen-bond acceptors (Lipinski definition) is 5. The molecule has 0 amide bonds. The van der Waals surface area contributed by atoms with Crippen LogP contribution >= 0.6 is 11.6 Å². The fourth-order valence-electron chi connectivity index (χ4n) is 2.31. The van der Waals surface area contributed by atoms with Gasteiger partial charge in [-0.1, -0.05) is 11.6 Å². The third kappa shape index (κ3) is 3.51. The van der Waals surface area contributed by atoms with Crippen LogP contribution in [0, 0.1) is 19.7 Å². The third-order valence-corrected chi connectivity index (χ3v) is 5.58. The van der Waals surface area contributed by atoms with Crippen molar-refractivity contribution < 1.29 is 12.8 Å². The van der Waals surface area contributed by atoms with Gasteiger partial charge in [-0.2, -0.15) is 22.7 Å². The summed E-state index contributed by atoms with van der Waals surface area (Å²) in [6.07, 6.45) is 0. The Bertz CT molecular complexity index is 1080. The zero-order valence-electron chi connectivity index (χ0n) is 13.9. The molecule has 0 atom stereocenters. The molecule has 0 aliphatic heterocycles. The molecule has 0 N–H and O–H groups in total. The summed E-state index contributed by atoms with van der Waals surface area (Å²) >= 11 is 5.83. The maximum Gasteiger partial charge on any atom is 0.283 e. The SMILES string of the molecule is Cc1nn(S(=O)(=O)c2ccc(F)cc2)c(C)c1N=Nc1ccc(Cl)cc1. The lowest BCUT2D eigenvalue weighted by atomic mass is 10.3. The van der Waals surface area contributed by atoms with Crippen molar-refractivity contribution in [1.29, 1.82) is 0 Å². The number of azo groups is 1. The number of halogens is 2. The first-order valence-corrected chi connectivity index (χ1v) is 9.35. The number of aryl methyl sites for hydroxylation is 1. The van der Waals surface area contributed by atoms with Crippen LogP contribution in [0.1, 0.15) is 11.4 Å². The lowest BCUT2D eigenvalue weighted by Crippen LogP contribution is -2.16. The van der Waals surface area contributed by atoms with Crippen molar-refractivity contribution in [2.24, 2.45) is 10.2 Å². The quantitative estimate of drug-likeness (QED) is 0.589. The van der Waals surface area contributed by atoms with E-state index in [2.05, 4.69) is 15.3 Å². The van der Waals surface area contributed by atoms with E-state index in [1.54, 1.807) is 38.1 Å². The van der Waals surface area contributed by atoms with Gasteiger partial charge in [-0.25, -0.2) is 4.39 Å². The van der Waals surface area contributed by atoms with Gasteiger partial charge in [0.25, 0.3) is 10.0 Å². The molecule has 9 heteroatoms. The molecule has 0 saturated heterocycles. The fourth-order valence-corrected chi connectivity index (χ4v) is 3.79. The topological polar surface area (TPSA) is 76.7 Å². The minimum absolute atomic E-state index is 0.0642. The Hall–Kier alpha value is -2.58. The molecule has 1 heterocycles. The second-order valence-electron chi connectivity index (χ2n) is 5.50. The second kappa shape index (κ2) is 6.97. The first kappa shape index (κ1) is 18.2. The van der Waals surface area contributed by atoms with Gasteiger partial charge in [0, 0.05) is 5.02 Å². The molecule has 0 saturated carbocycles. The maximum absolute atomic E-state index is 13.1.